The SMILES string of the molecule is CC(C)C#Cc1cnc2c(c1)C(=O)N([C@H](C)CO)C[C@@H](C)[C@H](CN(C)S(=O)(=O)c1cn(C)cn1)O2. The molecule has 3 heterocycles. The third-order valence-electron chi connectivity index (χ3n) is 5.82. The zero-order valence-corrected chi connectivity index (χ0v) is 21.8. The lowest BCUT2D eigenvalue weighted by Gasteiger charge is -2.37. The minimum absolute atomic E-state index is 0.0195. The van der Waals surface area contributed by atoms with Gasteiger partial charge in [0.05, 0.1) is 25.5 Å². The molecule has 0 fully saturated rings. The number of imidazole rings is 1. The van der Waals surface area contributed by atoms with Crippen LogP contribution in [0, 0.1) is 23.7 Å². The van der Waals surface area contributed by atoms with E-state index >= 15 is 0 Å². The van der Waals surface area contributed by atoms with E-state index in [4.69, 9.17) is 4.74 Å². The summed E-state index contributed by atoms with van der Waals surface area (Å²) in [5.74, 6) is 5.76. The van der Waals surface area contributed by atoms with Gasteiger partial charge in [-0.25, -0.2) is 18.4 Å². The first-order chi connectivity index (χ1) is 16.4. The summed E-state index contributed by atoms with van der Waals surface area (Å²) in [4.78, 5) is 23.3. The maximum atomic E-state index is 13.4. The molecule has 190 valence electrons. The van der Waals surface area contributed by atoms with E-state index in [2.05, 4.69) is 21.8 Å². The van der Waals surface area contributed by atoms with Gasteiger partial charge in [-0.15, -0.1) is 0 Å². The first kappa shape index (κ1) is 26.7. The second kappa shape index (κ2) is 10.8. The van der Waals surface area contributed by atoms with E-state index in [-0.39, 0.29) is 53.9 Å². The fraction of sp³-hybridized carbons (Fsp3) is 0.542. The highest BCUT2D eigenvalue weighted by molar-refractivity contribution is 7.89. The van der Waals surface area contributed by atoms with Crippen LogP contribution in [0.1, 0.15) is 43.6 Å². The number of carbonyl (C=O) groups excluding carboxylic acids is 1. The van der Waals surface area contributed by atoms with Crippen molar-refractivity contribution >= 4 is 15.9 Å². The van der Waals surface area contributed by atoms with Crippen molar-refractivity contribution in [1.82, 2.24) is 23.7 Å². The smallest absolute Gasteiger partial charge is 0.261 e. The molecule has 1 N–H and O–H groups in total. The molecule has 1 aliphatic rings. The Bertz CT molecular complexity index is 1230. The minimum Gasteiger partial charge on any atom is -0.472 e. The van der Waals surface area contributed by atoms with Gasteiger partial charge in [-0.05, 0) is 13.0 Å². The van der Waals surface area contributed by atoms with Crippen LogP contribution in [0.5, 0.6) is 5.88 Å². The number of ether oxygens (including phenoxy) is 1. The minimum atomic E-state index is -3.84. The van der Waals surface area contributed by atoms with Crippen LogP contribution in [0.4, 0.5) is 0 Å². The molecule has 0 unspecified atom stereocenters. The van der Waals surface area contributed by atoms with Crippen LogP contribution >= 0.6 is 0 Å². The highest BCUT2D eigenvalue weighted by Gasteiger charge is 2.36. The quantitative estimate of drug-likeness (QED) is 0.592. The van der Waals surface area contributed by atoms with E-state index in [0.29, 0.717) is 5.56 Å². The van der Waals surface area contributed by atoms with Crippen LogP contribution in [0.2, 0.25) is 0 Å². The molecule has 0 aliphatic carbocycles. The molecule has 35 heavy (non-hydrogen) atoms. The molecule has 0 saturated carbocycles. The van der Waals surface area contributed by atoms with Gasteiger partial charge < -0.3 is 19.3 Å². The number of aliphatic hydroxyl groups is 1. The molecular weight excluding hydrogens is 470 g/mol. The standard InChI is InChI=1S/C24H33N5O5S/c1-16(2)7-8-19-9-20-23(25-10-19)34-21(17(3)11-29(24(20)31)18(4)14-30)12-28(6)35(32,33)22-13-27(5)15-26-22/h9-10,13,15-18,21,30H,11-12,14H2,1-6H3/t17-,18-,21+/m1/s1. The van der Waals surface area contributed by atoms with Crippen molar-refractivity contribution < 1.29 is 23.1 Å². The van der Waals surface area contributed by atoms with Gasteiger partial charge in [0.25, 0.3) is 15.9 Å². The van der Waals surface area contributed by atoms with Crippen LogP contribution in [0.25, 0.3) is 0 Å². The summed E-state index contributed by atoms with van der Waals surface area (Å²) in [7, 11) is -0.679. The normalized spacial score (nSPS) is 19.5. The van der Waals surface area contributed by atoms with Crippen molar-refractivity contribution in [1.29, 1.82) is 0 Å². The van der Waals surface area contributed by atoms with Gasteiger partial charge in [-0.1, -0.05) is 32.6 Å². The molecule has 1 amide bonds. The number of hydrogen-bond donors (Lipinski definition) is 1. The molecule has 10 nitrogen and oxygen atoms in total. The Labute approximate surface area is 207 Å². The number of likely N-dealkylation sites (N-methyl/N-ethyl adjacent to an activating group) is 1. The lowest BCUT2D eigenvalue weighted by atomic mass is 10.00. The number of fused-ring (bicyclic) bond motifs is 1. The Hall–Kier alpha value is -2.94. The zero-order chi connectivity index (χ0) is 25.9. The van der Waals surface area contributed by atoms with Crippen molar-refractivity contribution in [3.63, 3.8) is 0 Å². The number of aromatic nitrogens is 3. The van der Waals surface area contributed by atoms with Crippen LogP contribution in [0.3, 0.4) is 0 Å². The second-order valence-corrected chi connectivity index (χ2v) is 11.3. The van der Waals surface area contributed by atoms with Gasteiger partial charge in [-0.3, -0.25) is 4.79 Å². The molecule has 3 rings (SSSR count). The summed E-state index contributed by atoms with van der Waals surface area (Å²) in [6.07, 6.45) is 3.79. The molecule has 0 bridgehead atoms. The van der Waals surface area contributed by atoms with E-state index in [0.717, 1.165) is 0 Å². The second-order valence-electron chi connectivity index (χ2n) is 9.29. The number of nitrogens with zero attached hydrogens (tertiary/aromatic N) is 5. The molecule has 2 aromatic rings. The van der Waals surface area contributed by atoms with Crippen LogP contribution in [0.15, 0.2) is 29.8 Å². The lowest BCUT2D eigenvalue weighted by Crippen LogP contribution is -2.50. The summed E-state index contributed by atoms with van der Waals surface area (Å²) in [6.45, 7) is 7.64. The first-order valence-corrected chi connectivity index (χ1v) is 12.9. The Kier molecular flexibility index (Phi) is 8.20. The van der Waals surface area contributed by atoms with Gasteiger partial charge in [-0.2, -0.15) is 4.31 Å². The highest BCUT2D eigenvalue weighted by Crippen LogP contribution is 2.28. The molecule has 11 heteroatoms. The van der Waals surface area contributed by atoms with E-state index in [9.17, 15) is 18.3 Å². The summed E-state index contributed by atoms with van der Waals surface area (Å²) in [6, 6.07) is 1.19. The molecular formula is C24H33N5O5S. The third kappa shape index (κ3) is 6.01. The number of aryl methyl sites for hydroxylation is 1. The van der Waals surface area contributed by atoms with Crippen LogP contribution in [-0.2, 0) is 17.1 Å². The van der Waals surface area contributed by atoms with E-state index in [1.165, 1.54) is 23.9 Å². The van der Waals surface area contributed by atoms with E-state index < -0.39 is 22.2 Å². The average Bonchev–Trinajstić information content (AvgIpc) is 3.26. The van der Waals surface area contributed by atoms with Gasteiger partial charge >= 0.3 is 0 Å². The lowest BCUT2D eigenvalue weighted by molar-refractivity contribution is 0.0373. The number of sulfonamides is 1. The van der Waals surface area contributed by atoms with Crippen LogP contribution < -0.4 is 4.74 Å². The molecule has 0 spiro atoms. The van der Waals surface area contributed by atoms with Crippen LogP contribution in [-0.4, -0.2) is 82.1 Å². The molecule has 2 aromatic heterocycles. The Morgan fingerprint density at radius 3 is 2.63 bits per heavy atom. The van der Waals surface area contributed by atoms with Crippen molar-refractivity contribution in [2.45, 2.75) is 44.9 Å². The Balaban J connectivity index is 1.99. The Morgan fingerprint density at radius 1 is 1.31 bits per heavy atom. The molecule has 0 saturated heterocycles. The number of amides is 1. The first-order valence-electron chi connectivity index (χ1n) is 11.5. The summed E-state index contributed by atoms with van der Waals surface area (Å²) >= 11 is 0. The molecule has 0 radical (unpaired) electrons. The van der Waals surface area contributed by atoms with Gasteiger partial charge in [0.2, 0.25) is 5.88 Å². The predicted molar refractivity (Wildman–Crippen MR) is 130 cm³/mol. The van der Waals surface area contributed by atoms with Gasteiger partial charge in [0.15, 0.2) is 5.03 Å². The van der Waals surface area contributed by atoms with Crippen molar-refractivity contribution in [3.8, 4) is 17.7 Å². The number of aliphatic hydroxyl groups excluding tert-OH is 1. The summed E-state index contributed by atoms with van der Waals surface area (Å²) in [5, 5.41) is 9.73. The van der Waals surface area contributed by atoms with Crippen molar-refractivity contribution in [2.24, 2.45) is 18.9 Å². The maximum Gasteiger partial charge on any atom is 0.261 e. The maximum absolute atomic E-state index is 13.4. The van der Waals surface area contributed by atoms with E-state index in [1.807, 2.05) is 20.8 Å². The summed E-state index contributed by atoms with van der Waals surface area (Å²) < 4.78 is 35.0. The van der Waals surface area contributed by atoms with Crippen molar-refractivity contribution in [3.05, 3.63) is 35.9 Å². The molecule has 0 aromatic carbocycles. The predicted octanol–water partition coefficient (Wildman–Crippen LogP) is 1.36. The average molecular weight is 504 g/mol. The van der Waals surface area contributed by atoms with E-state index in [1.54, 1.807) is 35.7 Å². The fourth-order valence-electron chi connectivity index (χ4n) is 3.65. The number of carbonyl (C=O) groups is 1. The summed E-state index contributed by atoms with van der Waals surface area (Å²) in [5.41, 5.74) is 0.805. The number of pyridine rings is 1. The molecule has 1 aliphatic heterocycles. The largest absolute Gasteiger partial charge is 0.472 e. The monoisotopic (exact) mass is 503 g/mol. The number of hydrogen-bond acceptors (Lipinski definition) is 7. The number of rotatable bonds is 6. The Morgan fingerprint density at radius 2 is 2.03 bits per heavy atom. The van der Waals surface area contributed by atoms with Crippen molar-refractivity contribution in [2.75, 3.05) is 26.7 Å². The van der Waals surface area contributed by atoms with Gasteiger partial charge in [0.1, 0.15) is 11.7 Å². The topological polar surface area (TPSA) is 118 Å². The fourth-order valence-corrected chi connectivity index (χ4v) is 4.79. The zero-order valence-electron chi connectivity index (χ0n) is 21.0. The third-order valence-corrected chi connectivity index (χ3v) is 7.53. The molecule has 3 atom stereocenters. The van der Waals surface area contributed by atoms with Gasteiger partial charge in [0, 0.05) is 50.4 Å². The highest BCUT2D eigenvalue weighted by atomic mass is 32.2.